The SMILES string of the molecule is O=C1N=CC=[N+](O)C1C1CNC(Cc2ccccn2)(CC(F)(F)F)N1. The largest absolute Gasteiger partial charge is 0.392 e. The number of nitrogens with one attached hydrogen (secondary N) is 2. The molecule has 0 saturated carbocycles. The number of amides is 1. The third kappa shape index (κ3) is 4.02. The van der Waals surface area contributed by atoms with Crippen LogP contribution in [-0.4, -0.2) is 63.7 Å². The van der Waals surface area contributed by atoms with Gasteiger partial charge in [0, 0.05) is 24.9 Å². The molecule has 10 heteroatoms. The molecule has 2 aliphatic heterocycles. The van der Waals surface area contributed by atoms with Crippen LogP contribution in [0.4, 0.5) is 13.2 Å². The van der Waals surface area contributed by atoms with Crippen molar-refractivity contribution >= 4 is 18.3 Å². The predicted octanol–water partition coefficient (Wildman–Crippen LogP) is 0.286. The number of pyridine rings is 1. The van der Waals surface area contributed by atoms with Gasteiger partial charge in [-0.15, -0.1) is 0 Å². The summed E-state index contributed by atoms with van der Waals surface area (Å²) in [6, 6.07) is 3.18. The van der Waals surface area contributed by atoms with E-state index in [1.165, 1.54) is 12.4 Å². The maximum atomic E-state index is 13.1. The van der Waals surface area contributed by atoms with Gasteiger partial charge in [-0.25, -0.2) is 4.99 Å². The van der Waals surface area contributed by atoms with Crippen molar-refractivity contribution in [2.75, 3.05) is 6.54 Å². The average Bonchev–Trinajstić information content (AvgIpc) is 2.89. The van der Waals surface area contributed by atoms with E-state index in [1.807, 2.05) is 0 Å². The van der Waals surface area contributed by atoms with Crippen molar-refractivity contribution in [2.45, 2.75) is 36.8 Å². The van der Waals surface area contributed by atoms with Crippen LogP contribution in [0.1, 0.15) is 12.1 Å². The normalized spacial score (nSPS) is 29.7. The number of carbonyl (C=O) groups excluding carboxylic acids is 1. The number of hydrogen-bond acceptors (Lipinski definition) is 5. The highest BCUT2D eigenvalue weighted by Gasteiger charge is 2.52. The quantitative estimate of drug-likeness (QED) is 0.533. The van der Waals surface area contributed by atoms with E-state index in [1.54, 1.807) is 18.2 Å². The lowest BCUT2D eigenvalue weighted by Crippen LogP contribution is -2.58. The number of aliphatic imine (C=N–C) groups is 1. The summed E-state index contributed by atoms with van der Waals surface area (Å²) in [5.41, 5.74) is -1.03. The third-order valence-electron chi connectivity index (χ3n) is 4.17. The van der Waals surface area contributed by atoms with Crippen LogP contribution in [0.5, 0.6) is 0 Å². The van der Waals surface area contributed by atoms with Crippen molar-refractivity contribution in [2.24, 2.45) is 4.99 Å². The van der Waals surface area contributed by atoms with E-state index < -0.39 is 36.3 Å². The Hall–Kier alpha value is -2.33. The molecule has 1 aromatic rings. The summed E-state index contributed by atoms with van der Waals surface area (Å²) in [7, 11) is 0. The molecule has 1 aromatic heterocycles. The Morgan fingerprint density at radius 2 is 2.20 bits per heavy atom. The lowest BCUT2D eigenvalue weighted by atomic mass is 9.99. The Kier molecular flexibility index (Phi) is 4.56. The molecule has 3 N–H and O–H groups in total. The minimum atomic E-state index is -4.43. The smallest absolute Gasteiger partial charge is 0.297 e. The second-order valence-electron chi connectivity index (χ2n) is 6.09. The molecule has 1 amide bonds. The van der Waals surface area contributed by atoms with Gasteiger partial charge in [-0.2, -0.15) is 13.2 Å². The summed E-state index contributed by atoms with van der Waals surface area (Å²) in [5.74, 6) is -0.620. The summed E-state index contributed by atoms with van der Waals surface area (Å²) < 4.78 is 40.0. The molecular formula is C15H17F3N5O2+. The zero-order valence-electron chi connectivity index (χ0n) is 13.1. The number of hydroxylamine groups is 1. The van der Waals surface area contributed by atoms with E-state index in [0.717, 1.165) is 6.21 Å². The molecule has 25 heavy (non-hydrogen) atoms. The van der Waals surface area contributed by atoms with E-state index in [4.69, 9.17) is 0 Å². The van der Waals surface area contributed by atoms with Crippen LogP contribution < -0.4 is 10.6 Å². The number of alkyl halides is 3. The highest BCUT2D eigenvalue weighted by atomic mass is 19.4. The van der Waals surface area contributed by atoms with E-state index in [-0.39, 0.29) is 13.0 Å². The molecule has 7 nitrogen and oxygen atoms in total. The van der Waals surface area contributed by atoms with Crippen molar-refractivity contribution in [1.82, 2.24) is 15.6 Å². The van der Waals surface area contributed by atoms with Gasteiger partial charge < -0.3 is 0 Å². The van der Waals surface area contributed by atoms with E-state index in [2.05, 4.69) is 20.6 Å². The van der Waals surface area contributed by atoms with E-state index >= 15 is 0 Å². The van der Waals surface area contributed by atoms with Gasteiger partial charge in [0.15, 0.2) is 0 Å². The van der Waals surface area contributed by atoms with Crippen LogP contribution in [0.3, 0.4) is 0 Å². The van der Waals surface area contributed by atoms with Gasteiger partial charge in [0.25, 0.3) is 6.04 Å². The van der Waals surface area contributed by atoms with Gasteiger partial charge in [0.05, 0.1) is 24.3 Å². The fourth-order valence-electron chi connectivity index (χ4n) is 3.21. The first kappa shape index (κ1) is 17.5. The molecule has 3 unspecified atom stereocenters. The Bertz CT molecular complexity index is 707. The van der Waals surface area contributed by atoms with Crippen molar-refractivity contribution in [3.8, 4) is 0 Å². The summed E-state index contributed by atoms with van der Waals surface area (Å²) in [5, 5.41) is 15.5. The molecule has 0 aromatic carbocycles. The zero-order valence-corrected chi connectivity index (χ0v) is 13.1. The predicted molar refractivity (Wildman–Crippen MR) is 81.7 cm³/mol. The van der Waals surface area contributed by atoms with Gasteiger partial charge in [0.2, 0.25) is 6.21 Å². The molecule has 134 valence electrons. The minimum Gasteiger partial charge on any atom is -0.297 e. The summed E-state index contributed by atoms with van der Waals surface area (Å²) in [4.78, 5) is 19.6. The van der Waals surface area contributed by atoms with Crippen molar-refractivity contribution in [3.63, 3.8) is 0 Å². The number of hydrogen-bond donors (Lipinski definition) is 3. The number of rotatable bonds is 4. The molecule has 1 fully saturated rings. The van der Waals surface area contributed by atoms with E-state index in [9.17, 15) is 23.2 Å². The third-order valence-corrected chi connectivity index (χ3v) is 4.17. The lowest BCUT2D eigenvalue weighted by Gasteiger charge is -2.31. The highest BCUT2D eigenvalue weighted by molar-refractivity contribution is 6.18. The van der Waals surface area contributed by atoms with Crippen LogP contribution in [-0.2, 0) is 11.2 Å². The van der Waals surface area contributed by atoms with Gasteiger partial charge in [-0.05, 0) is 16.9 Å². The van der Waals surface area contributed by atoms with Gasteiger partial charge in [-0.1, -0.05) is 6.07 Å². The van der Waals surface area contributed by atoms with Crippen LogP contribution in [0.2, 0.25) is 0 Å². The second kappa shape index (κ2) is 6.52. The minimum absolute atomic E-state index is 0.0246. The molecule has 3 rings (SSSR count). The lowest BCUT2D eigenvalue weighted by molar-refractivity contribution is -0.787. The topological polar surface area (TPSA) is 89.6 Å². The fraction of sp³-hybridized carbons (Fsp3) is 0.467. The second-order valence-corrected chi connectivity index (χ2v) is 6.09. The first-order valence-electron chi connectivity index (χ1n) is 7.66. The first-order chi connectivity index (χ1) is 11.8. The van der Waals surface area contributed by atoms with Gasteiger partial charge in [-0.3, -0.25) is 25.6 Å². The molecule has 2 aliphatic rings. The zero-order chi connectivity index (χ0) is 18.1. The Morgan fingerprint density at radius 3 is 2.84 bits per heavy atom. The standard InChI is InChI=1S/C15H17F3N5O2/c16-15(17,18)9-14(7-10-3-1-2-4-19-10)21-8-11(22-14)12-13(24)20-5-6-23(12)25/h1-6,11-12,21-22,25H,7-9H2/q+1. The highest BCUT2D eigenvalue weighted by Crippen LogP contribution is 2.31. The van der Waals surface area contributed by atoms with Crippen LogP contribution >= 0.6 is 0 Å². The maximum Gasteiger partial charge on any atom is 0.392 e. The number of nitrogens with zero attached hydrogens (tertiary/aromatic N) is 3. The Balaban J connectivity index is 1.83. The molecular weight excluding hydrogens is 339 g/mol. The van der Waals surface area contributed by atoms with Crippen molar-refractivity contribution in [1.29, 1.82) is 0 Å². The average molecular weight is 356 g/mol. The fourth-order valence-corrected chi connectivity index (χ4v) is 3.21. The van der Waals surface area contributed by atoms with Crippen LogP contribution in [0.25, 0.3) is 0 Å². The maximum absolute atomic E-state index is 13.1. The molecule has 0 radical (unpaired) electrons. The number of carbonyl (C=O) groups is 1. The number of aromatic nitrogens is 1. The Morgan fingerprint density at radius 1 is 1.40 bits per heavy atom. The Labute approximate surface area is 141 Å². The summed E-state index contributed by atoms with van der Waals surface area (Å²) in [6.45, 7) is 0.0692. The van der Waals surface area contributed by atoms with Gasteiger partial charge >= 0.3 is 12.1 Å². The molecule has 0 bridgehead atoms. The summed E-state index contributed by atoms with van der Waals surface area (Å²) >= 11 is 0. The van der Waals surface area contributed by atoms with Crippen molar-refractivity contribution < 1.29 is 27.9 Å². The van der Waals surface area contributed by atoms with Crippen LogP contribution in [0, 0.1) is 0 Å². The van der Waals surface area contributed by atoms with Crippen molar-refractivity contribution in [3.05, 3.63) is 30.1 Å². The summed E-state index contributed by atoms with van der Waals surface area (Å²) in [6.07, 6.45) is -1.76. The monoisotopic (exact) mass is 356 g/mol. The molecule has 0 aliphatic carbocycles. The first-order valence-corrected chi connectivity index (χ1v) is 7.66. The molecule has 0 spiro atoms. The van der Waals surface area contributed by atoms with Crippen LogP contribution in [0.15, 0.2) is 29.4 Å². The van der Waals surface area contributed by atoms with Gasteiger partial charge in [0.1, 0.15) is 0 Å². The number of halogens is 3. The molecule has 1 saturated heterocycles. The molecule has 3 heterocycles. The van der Waals surface area contributed by atoms with E-state index in [0.29, 0.717) is 10.4 Å². The molecule has 3 atom stereocenters.